The van der Waals surface area contributed by atoms with Crippen LogP contribution in [0.15, 0.2) is 18.3 Å². The van der Waals surface area contributed by atoms with E-state index in [4.69, 9.17) is 5.26 Å². The van der Waals surface area contributed by atoms with Crippen molar-refractivity contribution in [3.63, 3.8) is 0 Å². The molecule has 0 saturated heterocycles. The largest absolute Gasteiger partial charge is 0.354 e. The predicted molar refractivity (Wildman–Crippen MR) is 66.3 cm³/mol. The van der Waals surface area contributed by atoms with Gasteiger partial charge in [-0.1, -0.05) is 13.8 Å². The molecule has 0 aliphatic carbocycles. The van der Waals surface area contributed by atoms with Gasteiger partial charge in [-0.3, -0.25) is 0 Å². The van der Waals surface area contributed by atoms with E-state index in [2.05, 4.69) is 43.6 Å². The second kappa shape index (κ2) is 5.50. The summed E-state index contributed by atoms with van der Waals surface area (Å²) in [6, 6.07) is 6.24. The van der Waals surface area contributed by atoms with Crippen LogP contribution in [0.25, 0.3) is 0 Å². The first-order valence-electron chi connectivity index (χ1n) is 5.67. The molecule has 0 unspecified atom stereocenters. The SMILES string of the molecule is CC(C)CN(c1ccc(C#N)cn1)C(C)C. The van der Waals surface area contributed by atoms with E-state index in [-0.39, 0.29) is 0 Å². The number of nitrogens with zero attached hydrogens (tertiary/aromatic N) is 3. The van der Waals surface area contributed by atoms with Crippen LogP contribution in [-0.2, 0) is 0 Å². The minimum absolute atomic E-state index is 0.419. The van der Waals surface area contributed by atoms with E-state index in [1.807, 2.05) is 12.1 Å². The number of hydrogen-bond acceptors (Lipinski definition) is 3. The van der Waals surface area contributed by atoms with Gasteiger partial charge in [0.1, 0.15) is 11.9 Å². The zero-order valence-corrected chi connectivity index (χ0v) is 10.4. The fourth-order valence-corrected chi connectivity index (χ4v) is 1.58. The fraction of sp³-hybridized carbons (Fsp3) is 0.538. The minimum Gasteiger partial charge on any atom is -0.354 e. The first-order valence-corrected chi connectivity index (χ1v) is 5.67. The minimum atomic E-state index is 0.419. The van der Waals surface area contributed by atoms with E-state index in [0.717, 1.165) is 12.4 Å². The van der Waals surface area contributed by atoms with E-state index in [9.17, 15) is 0 Å². The summed E-state index contributed by atoms with van der Waals surface area (Å²) in [6.45, 7) is 9.68. The molecule has 0 aliphatic rings. The van der Waals surface area contributed by atoms with E-state index >= 15 is 0 Å². The second-order valence-electron chi connectivity index (χ2n) is 4.66. The monoisotopic (exact) mass is 217 g/mol. The molecule has 0 bridgehead atoms. The van der Waals surface area contributed by atoms with Gasteiger partial charge < -0.3 is 4.90 Å². The Morgan fingerprint density at radius 1 is 1.31 bits per heavy atom. The van der Waals surface area contributed by atoms with Crippen molar-refractivity contribution in [3.05, 3.63) is 23.9 Å². The summed E-state index contributed by atoms with van der Waals surface area (Å²) >= 11 is 0. The third-order valence-corrected chi connectivity index (χ3v) is 2.36. The van der Waals surface area contributed by atoms with Crippen LogP contribution < -0.4 is 4.90 Å². The van der Waals surface area contributed by atoms with Crippen LogP contribution in [-0.4, -0.2) is 17.6 Å². The maximum Gasteiger partial charge on any atom is 0.128 e. The number of pyridine rings is 1. The average molecular weight is 217 g/mol. The van der Waals surface area contributed by atoms with Crippen molar-refractivity contribution in [2.75, 3.05) is 11.4 Å². The Kier molecular flexibility index (Phi) is 4.30. The van der Waals surface area contributed by atoms with Crippen LogP contribution in [0.1, 0.15) is 33.3 Å². The van der Waals surface area contributed by atoms with Crippen molar-refractivity contribution < 1.29 is 0 Å². The molecule has 0 saturated carbocycles. The smallest absolute Gasteiger partial charge is 0.128 e. The molecular formula is C13H19N3. The molecule has 0 spiro atoms. The number of rotatable bonds is 4. The third-order valence-electron chi connectivity index (χ3n) is 2.36. The molecule has 0 radical (unpaired) electrons. The molecule has 0 atom stereocenters. The Bertz CT molecular complexity index is 360. The zero-order chi connectivity index (χ0) is 12.1. The quantitative estimate of drug-likeness (QED) is 0.778. The van der Waals surface area contributed by atoms with E-state index in [1.54, 1.807) is 6.20 Å². The lowest BCUT2D eigenvalue weighted by Crippen LogP contribution is -2.34. The van der Waals surface area contributed by atoms with Gasteiger partial charge in [0.05, 0.1) is 5.56 Å². The van der Waals surface area contributed by atoms with Crippen LogP contribution in [0.3, 0.4) is 0 Å². The molecule has 0 N–H and O–H groups in total. The standard InChI is InChI=1S/C13H19N3/c1-10(2)9-16(11(3)4)13-6-5-12(7-14)8-15-13/h5-6,8,10-11H,9H2,1-4H3. The summed E-state index contributed by atoms with van der Waals surface area (Å²) in [5, 5.41) is 8.72. The van der Waals surface area contributed by atoms with E-state index in [1.165, 1.54) is 0 Å². The Balaban J connectivity index is 2.89. The summed E-state index contributed by atoms with van der Waals surface area (Å²) in [5.74, 6) is 1.54. The van der Waals surface area contributed by atoms with Gasteiger partial charge in [0.2, 0.25) is 0 Å². The molecule has 1 heterocycles. The topological polar surface area (TPSA) is 39.9 Å². The highest BCUT2D eigenvalue weighted by Crippen LogP contribution is 2.16. The highest BCUT2D eigenvalue weighted by atomic mass is 15.2. The molecule has 3 heteroatoms. The predicted octanol–water partition coefficient (Wildman–Crippen LogP) is 2.82. The number of anilines is 1. The van der Waals surface area contributed by atoms with Gasteiger partial charge in [0, 0.05) is 18.8 Å². The Morgan fingerprint density at radius 2 is 2.00 bits per heavy atom. The molecule has 16 heavy (non-hydrogen) atoms. The molecule has 86 valence electrons. The van der Waals surface area contributed by atoms with Crippen LogP contribution in [0.4, 0.5) is 5.82 Å². The Hall–Kier alpha value is -1.56. The van der Waals surface area contributed by atoms with Crippen LogP contribution >= 0.6 is 0 Å². The molecule has 3 nitrogen and oxygen atoms in total. The highest BCUT2D eigenvalue weighted by molar-refractivity contribution is 5.42. The van der Waals surface area contributed by atoms with Crippen molar-refractivity contribution in [1.29, 1.82) is 5.26 Å². The zero-order valence-electron chi connectivity index (χ0n) is 10.4. The number of hydrogen-bond donors (Lipinski definition) is 0. The van der Waals surface area contributed by atoms with Crippen molar-refractivity contribution in [2.45, 2.75) is 33.7 Å². The van der Waals surface area contributed by atoms with E-state index < -0.39 is 0 Å². The van der Waals surface area contributed by atoms with Crippen LogP contribution in [0.2, 0.25) is 0 Å². The average Bonchev–Trinajstić information content (AvgIpc) is 2.25. The van der Waals surface area contributed by atoms with Crippen molar-refractivity contribution >= 4 is 5.82 Å². The maximum atomic E-state index is 8.72. The fourth-order valence-electron chi connectivity index (χ4n) is 1.58. The van der Waals surface area contributed by atoms with Gasteiger partial charge in [0.25, 0.3) is 0 Å². The molecule has 0 fully saturated rings. The first-order chi connectivity index (χ1) is 7.54. The lowest BCUT2D eigenvalue weighted by atomic mass is 10.1. The summed E-state index contributed by atoms with van der Waals surface area (Å²) < 4.78 is 0. The summed E-state index contributed by atoms with van der Waals surface area (Å²) in [4.78, 5) is 6.58. The van der Waals surface area contributed by atoms with Crippen molar-refractivity contribution in [1.82, 2.24) is 4.98 Å². The summed E-state index contributed by atoms with van der Waals surface area (Å²) in [7, 11) is 0. The molecule has 0 aromatic carbocycles. The lowest BCUT2D eigenvalue weighted by molar-refractivity contribution is 0.566. The normalized spacial score (nSPS) is 10.6. The Morgan fingerprint density at radius 3 is 2.38 bits per heavy atom. The molecule has 1 aromatic heterocycles. The first kappa shape index (κ1) is 12.5. The van der Waals surface area contributed by atoms with E-state index in [0.29, 0.717) is 17.5 Å². The van der Waals surface area contributed by atoms with Gasteiger partial charge in [-0.15, -0.1) is 0 Å². The molecule has 1 aromatic rings. The molecule has 0 amide bonds. The molecule has 1 rings (SSSR count). The number of nitriles is 1. The van der Waals surface area contributed by atoms with Gasteiger partial charge >= 0.3 is 0 Å². The van der Waals surface area contributed by atoms with Crippen molar-refractivity contribution in [2.24, 2.45) is 5.92 Å². The third kappa shape index (κ3) is 3.23. The van der Waals surface area contributed by atoms with Gasteiger partial charge in [0.15, 0.2) is 0 Å². The van der Waals surface area contributed by atoms with Crippen LogP contribution in [0, 0.1) is 17.2 Å². The van der Waals surface area contributed by atoms with Gasteiger partial charge in [-0.25, -0.2) is 4.98 Å². The summed E-state index contributed by atoms with van der Waals surface area (Å²) in [5.41, 5.74) is 0.608. The summed E-state index contributed by atoms with van der Waals surface area (Å²) in [6.07, 6.45) is 1.63. The molecular weight excluding hydrogens is 198 g/mol. The molecule has 0 aliphatic heterocycles. The highest BCUT2D eigenvalue weighted by Gasteiger charge is 2.13. The second-order valence-corrected chi connectivity index (χ2v) is 4.66. The van der Waals surface area contributed by atoms with Gasteiger partial charge in [-0.2, -0.15) is 5.26 Å². The van der Waals surface area contributed by atoms with Gasteiger partial charge in [-0.05, 0) is 31.9 Å². The van der Waals surface area contributed by atoms with Crippen molar-refractivity contribution in [3.8, 4) is 6.07 Å². The maximum absolute atomic E-state index is 8.72. The number of aromatic nitrogens is 1. The Labute approximate surface area is 97.7 Å². The lowest BCUT2D eigenvalue weighted by Gasteiger charge is -2.29. The van der Waals surface area contributed by atoms with Crippen LogP contribution in [0.5, 0.6) is 0 Å².